The van der Waals surface area contributed by atoms with Crippen molar-refractivity contribution >= 4 is 11.9 Å². The van der Waals surface area contributed by atoms with Crippen molar-refractivity contribution in [2.75, 3.05) is 40.5 Å². The predicted octanol–water partition coefficient (Wildman–Crippen LogP) is 3.70. The van der Waals surface area contributed by atoms with Crippen molar-refractivity contribution in [2.45, 2.75) is 45.2 Å². The summed E-state index contributed by atoms with van der Waals surface area (Å²) in [5.74, 6) is 0.650. The van der Waals surface area contributed by atoms with E-state index in [2.05, 4.69) is 42.3 Å². The van der Waals surface area contributed by atoms with E-state index in [0.717, 1.165) is 43.8 Å². The van der Waals surface area contributed by atoms with E-state index in [0.29, 0.717) is 13.0 Å². The number of ether oxygens (including phenoxy) is 2. The monoisotopic (exact) mass is 479 g/mol. The number of amides is 3. The highest BCUT2D eigenvalue weighted by Gasteiger charge is 2.55. The zero-order chi connectivity index (χ0) is 25.0. The van der Waals surface area contributed by atoms with E-state index in [-0.39, 0.29) is 24.4 Å². The van der Waals surface area contributed by atoms with E-state index < -0.39 is 5.54 Å². The molecule has 7 heteroatoms. The van der Waals surface area contributed by atoms with Crippen molar-refractivity contribution in [1.29, 1.82) is 0 Å². The molecule has 0 unspecified atom stereocenters. The van der Waals surface area contributed by atoms with Crippen LogP contribution in [-0.4, -0.2) is 67.7 Å². The zero-order valence-electron chi connectivity index (χ0n) is 21.3. The summed E-state index contributed by atoms with van der Waals surface area (Å²) in [6.45, 7) is 7.55. The third-order valence-corrected chi connectivity index (χ3v) is 7.52. The fourth-order valence-electron chi connectivity index (χ4n) is 5.47. The molecular formula is C28H37N3O4. The van der Waals surface area contributed by atoms with Crippen molar-refractivity contribution < 1.29 is 19.1 Å². The number of carbonyl (C=O) groups excluding carboxylic acids is 2. The number of rotatable bonds is 9. The van der Waals surface area contributed by atoms with Crippen LogP contribution in [0.5, 0.6) is 5.75 Å². The molecule has 2 aromatic rings. The number of methoxy groups -OCH3 is 2. The number of benzene rings is 2. The summed E-state index contributed by atoms with van der Waals surface area (Å²) in [5, 5.41) is 3.14. The van der Waals surface area contributed by atoms with Crippen LogP contribution in [0.2, 0.25) is 0 Å². The SMILES string of the molecule is COCCN1C(=O)N[C@](Cc2cccc(OC)c2)(C2CCN(Cc3cc(C)ccc3C)CC2)C1=O. The van der Waals surface area contributed by atoms with Crippen LogP contribution in [0.15, 0.2) is 42.5 Å². The molecule has 3 amide bonds. The summed E-state index contributed by atoms with van der Waals surface area (Å²) in [6, 6.07) is 14.0. The Kier molecular flexibility index (Phi) is 7.77. The molecule has 0 saturated carbocycles. The second-order valence-electron chi connectivity index (χ2n) is 9.86. The van der Waals surface area contributed by atoms with Crippen molar-refractivity contribution in [2.24, 2.45) is 5.92 Å². The normalized spacial score (nSPS) is 21.4. The van der Waals surface area contributed by atoms with Gasteiger partial charge in [0, 0.05) is 20.1 Å². The smallest absolute Gasteiger partial charge is 0.325 e. The number of piperidine rings is 1. The summed E-state index contributed by atoms with van der Waals surface area (Å²) in [7, 11) is 3.21. The van der Waals surface area contributed by atoms with E-state index in [4.69, 9.17) is 9.47 Å². The van der Waals surface area contributed by atoms with Crippen LogP contribution < -0.4 is 10.1 Å². The van der Waals surface area contributed by atoms with Gasteiger partial charge in [0.1, 0.15) is 11.3 Å². The first-order valence-corrected chi connectivity index (χ1v) is 12.4. The van der Waals surface area contributed by atoms with Gasteiger partial charge in [-0.25, -0.2) is 4.79 Å². The predicted molar refractivity (Wildman–Crippen MR) is 135 cm³/mol. The van der Waals surface area contributed by atoms with Crippen LogP contribution in [0.3, 0.4) is 0 Å². The van der Waals surface area contributed by atoms with Crippen LogP contribution in [0.25, 0.3) is 0 Å². The van der Waals surface area contributed by atoms with Gasteiger partial charge in [0.15, 0.2) is 0 Å². The van der Waals surface area contributed by atoms with Gasteiger partial charge in [-0.05, 0) is 74.5 Å². The summed E-state index contributed by atoms with van der Waals surface area (Å²) in [4.78, 5) is 30.5. The number of urea groups is 1. The largest absolute Gasteiger partial charge is 0.497 e. The average molecular weight is 480 g/mol. The number of nitrogens with zero attached hydrogens (tertiary/aromatic N) is 2. The lowest BCUT2D eigenvalue weighted by molar-refractivity contribution is -0.134. The maximum Gasteiger partial charge on any atom is 0.325 e. The lowest BCUT2D eigenvalue weighted by Gasteiger charge is -2.41. The van der Waals surface area contributed by atoms with Gasteiger partial charge in [0.25, 0.3) is 5.91 Å². The molecule has 0 radical (unpaired) electrons. The van der Waals surface area contributed by atoms with Crippen LogP contribution in [0.4, 0.5) is 4.79 Å². The Labute approximate surface area is 208 Å². The molecule has 2 heterocycles. The van der Waals surface area contributed by atoms with Crippen LogP contribution in [-0.2, 0) is 22.5 Å². The summed E-state index contributed by atoms with van der Waals surface area (Å²) in [6.07, 6.45) is 2.14. The maximum atomic E-state index is 13.8. The van der Waals surface area contributed by atoms with Gasteiger partial charge in [-0.15, -0.1) is 0 Å². The molecule has 2 aromatic carbocycles. The quantitative estimate of drug-likeness (QED) is 0.556. The van der Waals surface area contributed by atoms with Gasteiger partial charge in [-0.1, -0.05) is 35.9 Å². The molecule has 0 spiro atoms. The average Bonchev–Trinajstić information content (AvgIpc) is 3.10. The molecule has 2 saturated heterocycles. The van der Waals surface area contributed by atoms with E-state index in [1.54, 1.807) is 14.2 Å². The number of hydrogen-bond acceptors (Lipinski definition) is 5. The number of carbonyl (C=O) groups is 2. The van der Waals surface area contributed by atoms with Gasteiger partial charge in [0.2, 0.25) is 0 Å². The second kappa shape index (κ2) is 10.8. The number of aryl methyl sites for hydroxylation is 2. The molecule has 188 valence electrons. The summed E-state index contributed by atoms with van der Waals surface area (Å²) >= 11 is 0. The Balaban J connectivity index is 1.54. The van der Waals surface area contributed by atoms with Crippen molar-refractivity contribution in [3.8, 4) is 5.75 Å². The molecule has 2 aliphatic rings. The third kappa shape index (κ3) is 5.36. The summed E-state index contributed by atoms with van der Waals surface area (Å²) < 4.78 is 10.6. The molecule has 35 heavy (non-hydrogen) atoms. The topological polar surface area (TPSA) is 71.1 Å². The molecule has 4 rings (SSSR count). The first-order valence-electron chi connectivity index (χ1n) is 12.4. The highest BCUT2D eigenvalue weighted by atomic mass is 16.5. The number of nitrogens with one attached hydrogen (secondary N) is 1. The van der Waals surface area contributed by atoms with Crippen molar-refractivity contribution in [3.63, 3.8) is 0 Å². The molecule has 0 bridgehead atoms. The lowest BCUT2D eigenvalue weighted by atomic mass is 9.73. The third-order valence-electron chi connectivity index (χ3n) is 7.52. The lowest BCUT2D eigenvalue weighted by Crippen LogP contribution is -2.57. The van der Waals surface area contributed by atoms with E-state index in [9.17, 15) is 9.59 Å². The van der Waals surface area contributed by atoms with Gasteiger partial charge in [-0.3, -0.25) is 14.6 Å². The molecule has 2 fully saturated rings. The van der Waals surface area contributed by atoms with E-state index in [1.165, 1.54) is 21.6 Å². The Morgan fingerprint density at radius 1 is 1.06 bits per heavy atom. The first-order chi connectivity index (χ1) is 16.9. The van der Waals surface area contributed by atoms with Crippen LogP contribution in [0, 0.1) is 19.8 Å². The van der Waals surface area contributed by atoms with Gasteiger partial charge in [0.05, 0.1) is 20.3 Å². The first kappa shape index (κ1) is 25.2. The highest BCUT2D eigenvalue weighted by molar-refractivity contribution is 6.07. The molecule has 7 nitrogen and oxygen atoms in total. The molecule has 1 atom stereocenters. The zero-order valence-corrected chi connectivity index (χ0v) is 21.3. The Bertz CT molecular complexity index is 1060. The van der Waals surface area contributed by atoms with Crippen molar-refractivity contribution in [1.82, 2.24) is 15.1 Å². The minimum Gasteiger partial charge on any atom is -0.497 e. The fourth-order valence-corrected chi connectivity index (χ4v) is 5.47. The second-order valence-corrected chi connectivity index (χ2v) is 9.86. The minimum atomic E-state index is -0.956. The fraction of sp³-hybridized carbons (Fsp3) is 0.500. The molecule has 0 aromatic heterocycles. The standard InChI is InChI=1S/C28H37N3O4/c1-20-8-9-21(2)23(16-20)19-30-12-10-24(11-13-30)28(18-22-6-5-7-25(17-22)35-4)26(32)31(14-15-34-3)27(33)29-28/h5-9,16-17,24H,10-15,18-19H2,1-4H3,(H,29,33)/t28-/m1/s1. The van der Waals surface area contributed by atoms with Crippen LogP contribution >= 0.6 is 0 Å². The Hall–Kier alpha value is -2.90. The number of likely N-dealkylation sites (tertiary alicyclic amines) is 1. The van der Waals surface area contributed by atoms with Gasteiger partial charge >= 0.3 is 6.03 Å². The molecule has 2 aliphatic heterocycles. The van der Waals surface area contributed by atoms with Gasteiger partial charge in [-0.2, -0.15) is 0 Å². The summed E-state index contributed by atoms with van der Waals surface area (Å²) in [5.41, 5.74) is 3.95. The maximum absolute atomic E-state index is 13.8. The van der Waals surface area contributed by atoms with E-state index in [1.807, 2.05) is 24.3 Å². The van der Waals surface area contributed by atoms with E-state index >= 15 is 0 Å². The molecular weight excluding hydrogens is 442 g/mol. The highest BCUT2D eigenvalue weighted by Crippen LogP contribution is 2.37. The molecule has 0 aliphatic carbocycles. The van der Waals surface area contributed by atoms with Crippen LogP contribution in [0.1, 0.15) is 35.1 Å². The number of hydrogen-bond donors (Lipinski definition) is 1. The Morgan fingerprint density at radius 2 is 1.83 bits per heavy atom. The van der Waals surface area contributed by atoms with Crippen molar-refractivity contribution in [3.05, 3.63) is 64.7 Å². The molecule has 1 N–H and O–H groups in total. The van der Waals surface area contributed by atoms with Gasteiger partial charge < -0.3 is 14.8 Å². The minimum absolute atomic E-state index is 0.0487. The number of imide groups is 1. The Morgan fingerprint density at radius 3 is 2.54 bits per heavy atom.